The molecule has 1 heterocycles. The Morgan fingerprint density at radius 2 is 2.00 bits per heavy atom. The minimum atomic E-state index is -0.544. The normalized spacial score (nSPS) is 10.9. The molecule has 0 saturated carbocycles. The summed E-state index contributed by atoms with van der Waals surface area (Å²) >= 11 is 6.43. The van der Waals surface area contributed by atoms with Crippen molar-refractivity contribution in [2.24, 2.45) is 5.73 Å². The van der Waals surface area contributed by atoms with Crippen LogP contribution in [0.4, 0.5) is 15.8 Å². The molecule has 0 unspecified atom stereocenters. The molecule has 4 N–H and O–H groups in total. The Morgan fingerprint density at radius 3 is 2.75 bits per heavy atom. The monoisotopic (exact) mass is 453 g/mol. The summed E-state index contributed by atoms with van der Waals surface area (Å²) < 4.78 is 25.2. The number of anilines is 2. The van der Waals surface area contributed by atoms with Crippen molar-refractivity contribution in [1.82, 2.24) is 4.98 Å². The topological polar surface area (TPSA) is 89.4 Å². The maximum absolute atomic E-state index is 14.3. The van der Waals surface area contributed by atoms with E-state index < -0.39 is 11.8 Å². The van der Waals surface area contributed by atoms with Gasteiger partial charge in [0.05, 0.1) is 17.1 Å². The fraction of sp³-hybridized carbons (Fsp3) is 0.125. The highest BCUT2D eigenvalue weighted by Gasteiger charge is 2.16. The molecule has 4 aromatic rings. The summed E-state index contributed by atoms with van der Waals surface area (Å²) in [6, 6.07) is 17.2. The molecule has 8 heteroatoms. The predicted octanol–water partition coefficient (Wildman–Crippen LogP) is 6.13. The van der Waals surface area contributed by atoms with Crippen molar-refractivity contribution in [3.05, 3.63) is 82.8 Å². The van der Waals surface area contributed by atoms with Gasteiger partial charge in [-0.3, -0.25) is 0 Å². The zero-order valence-corrected chi connectivity index (χ0v) is 18.0. The molecule has 0 saturated heterocycles. The van der Waals surface area contributed by atoms with Gasteiger partial charge in [-0.1, -0.05) is 23.7 Å². The SMILES string of the molecule is CCOC(=O)c1cc2c(Nc3ccc(Oc4cccc(CN)c4)c(Cl)c3)ccc(F)c2[nH]1. The summed E-state index contributed by atoms with van der Waals surface area (Å²) in [5.74, 6) is 0.108. The highest BCUT2D eigenvalue weighted by molar-refractivity contribution is 6.32. The van der Waals surface area contributed by atoms with Crippen LogP contribution in [0, 0.1) is 5.82 Å². The van der Waals surface area contributed by atoms with Gasteiger partial charge in [-0.05, 0) is 61.0 Å². The van der Waals surface area contributed by atoms with Crippen molar-refractivity contribution < 1.29 is 18.7 Å². The third-order valence-corrected chi connectivity index (χ3v) is 5.11. The van der Waals surface area contributed by atoms with Crippen molar-refractivity contribution in [2.45, 2.75) is 13.5 Å². The number of carbonyl (C=O) groups excluding carboxylic acids is 1. The molecule has 0 fully saturated rings. The minimum Gasteiger partial charge on any atom is -0.461 e. The molecule has 0 atom stereocenters. The first-order chi connectivity index (χ1) is 15.5. The molecule has 6 nitrogen and oxygen atoms in total. The second kappa shape index (κ2) is 9.30. The summed E-state index contributed by atoms with van der Waals surface area (Å²) in [7, 11) is 0. The second-order valence-corrected chi connectivity index (χ2v) is 7.42. The highest BCUT2D eigenvalue weighted by atomic mass is 35.5. The number of fused-ring (bicyclic) bond motifs is 1. The summed E-state index contributed by atoms with van der Waals surface area (Å²) in [4.78, 5) is 14.8. The van der Waals surface area contributed by atoms with Gasteiger partial charge in [0.2, 0.25) is 0 Å². The standard InChI is InChI=1S/C24H21ClFN3O3/c1-2-31-24(30)21-12-17-20(8-7-19(26)23(17)29-21)28-15-6-9-22(18(25)11-15)32-16-5-3-4-14(10-16)13-27/h3-12,28-29H,2,13,27H2,1H3. The molecular weight excluding hydrogens is 433 g/mol. The van der Waals surface area contributed by atoms with Gasteiger partial charge in [0.15, 0.2) is 0 Å². The Hall–Kier alpha value is -3.55. The van der Waals surface area contributed by atoms with Gasteiger partial charge in [-0.2, -0.15) is 0 Å². The lowest BCUT2D eigenvalue weighted by atomic mass is 10.2. The summed E-state index contributed by atoms with van der Waals surface area (Å²) in [5, 5.41) is 4.13. The maximum Gasteiger partial charge on any atom is 0.354 e. The van der Waals surface area contributed by atoms with E-state index in [2.05, 4.69) is 10.3 Å². The number of benzene rings is 3. The molecule has 0 bridgehead atoms. The second-order valence-electron chi connectivity index (χ2n) is 7.01. The third kappa shape index (κ3) is 4.54. The van der Waals surface area contributed by atoms with Gasteiger partial charge in [-0.15, -0.1) is 0 Å². The number of H-pyrrole nitrogens is 1. The number of carbonyl (C=O) groups is 1. The molecule has 0 amide bonds. The lowest BCUT2D eigenvalue weighted by molar-refractivity contribution is 0.0520. The van der Waals surface area contributed by atoms with E-state index in [1.54, 1.807) is 37.3 Å². The summed E-state index contributed by atoms with van der Waals surface area (Å²) in [6.45, 7) is 2.35. The first-order valence-electron chi connectivity index (χ1n) is 10.00. The number of hydrogen-bond acceptors (Lipinski definition) is 5. The fourth-order valence-corrected chi connectivity index (χ4v) is 3.51. The molecular formula is C24H21ClFN3O3. The smallest absolute Gasteiger partial charge is 0.354 e. The summed E-state index contributed by atoms with van der Waals surface area (Å²) in [5.41, 5.74) is 8.29. The predicted molar refractivity (Wildman–Crippen MR) is 123 cm³/mol. The van der Waals surface area contributed by atoms with E-state index in [-0.39, 0.29) is 17.8 Å². The quantitative estimate of drug-likeness (QED) is 0.293. The van der Waals surface area contributed by atoms with Gasteiger partial charge >= 0.3 is 5.97 Å². The number of rotatable bonds is 7. The third-order valence-electron chi connectivity index (χ3n) is 4.81. The highest BCUT2D eigenvalue weighted by Crippen LogP contribution is 2.35. The van der Waals surface area contributed by atoms with Crippen molar-refractivity contribution in [1.29, 1.82) is 0 Å². The van der Waals surface area contributed by atoms with E-state index in [9.17, 15) is 9.18 Å². The van der Waals surface area contributed by atoms with Crippen LogP contribution in [0.15, 0.2) is 60.7 Å². The Balaban J connectivity index is 1.59. The van der Waals surface area contributed by atoms with E-state index in [4.69, 9.17) is 26.8 Å². The lowest BCUT2D eigenvalue weighted by Gasteiger charge is -2.12. The molecule has 0 radical (unpaired) electrons. The number of ether oxygens (including phenoxy) is 2. The molecule has 0 aliphatic heterocycles. The molecule has 3 aromatic carbocycles. The van der Waals surface area contributed by atoms with Crippen LogP contribution in [0.3, 0.4) is 0 Å². The van der Waals surface area contributed by atoms with Crippen molar-refractivity contribution >= 4 is 39.8 Å². The molecule has 164 valence electrons. The zero-order chi connectivity index (χ0) is 22.7. The molecule has 1 aromatic heterocycles. The van der Waals surface area contributed by atoms with E-state index in [0.717, 1.165) is 5.56 Å². The van der Waals surface area contributed by atoms with E-state index in [1.807, 2.05) is 24.3 Å². The van der Waals surface area contributed by atoms with Crippen LogP contribution < -0.4 is 15.8 Å². The van der Waals surface area contributed by atoms with Crippen molar-refractivity contribution in [2.75, 3.05) is 11.9 Å². The molecule has 0 spiro atoms. The van der Waals surface area contributed by atoms with E-state index in [0.29, 0.717) is 39.8 Å². The van der Waals surface area contributed by atoms with Crippen LogP contribution in [-0.2, 0) is 11.3 Å². The molecule has 0 aliphatic rings. The Morgan fingerprint density at radius 1 is 1.16 bits per heavy atom. The lowest BCUT2D eigenvalue weighted by Crippen LogP contribution is -2.04. The van der Waals surface area contributed by atoms with Crippen LogP contribution in [0.2, 0.25) is 5.02 Å². The van der Waals surface area contributed by atoms with Gasteiger partial charge in [0.1, 0.15) is 23.0 Å². The Bertz CT molecular complexity index is 1290. The Kier molecular flexibility index (Phi) is 6.30. The average Bonchev–Trinajstić information content (AvgIpc) is 3.25. The number of nitrogens with one attached hydrogen (secondary N) is 2. The number of aromatic amines is 1. The van der Waals surface area contributed by atoms with Gasteiger partial charge < -0.3 is 25.5 Å². The zero-order valence-electron chi connectivity index (χ0n) is 17.2. The average molecular weight is 454 g/mol. The van der Waals surface area contributed by atoms with Crippen LogP contribution in [-0.4, -0.2) is 17.6 Å². The first kappa shape index (κ1) is 21.7. The maximum atomic E-state index is 14.3. The number of hydrogen-bond donors (Lipinski definition) is 3. The van der Waals surface area contributed by atoms with Crippen molar-refractivity contribution in [3.8, 4) is 11.5 Å². The summed E-state index contributed by atoms with van der Waals surface area (Å²) in [6.07, 6.45) is 0. The van der Waals surface area contributed by atoms with Crippen molar-refractivity contribution in [3.63, 3.8) is 0 Å². The number of esters is 1. The first-order valence-corrected chi connectivity index (χ1v) is 10.4. The minimum absolute atomic E-state index is 0.177. The van der Waals surface area contributed by atoms with Crippen LogP contribution in [0.5, 0.6) is 11.5 Å². The molecule has 32 heavy (non-hydrogen) atoms. The van der Waals surface area contributed by atoms with E-state index >= 15 is 0 Å². The number of halogens is 2. The largest absolute Gasteiger partial charge is 0.461 e. The number of nitrogens with two attached hydrogens (primary N) is 1. The van der Waals surface area contributed by atoms with Crippen LogP contribution >= 0.6 is 11.6 Å². The van der Waals surface area contributed by atoms with Crippen LogP contribution in [0.25, 0.3) is 10.9 Å². The van der Waals surface area contributed by atoms with Crippen LogP contribution in [0.1, 0.15) is 23.0 Å². The van der Waals surface area contributed by atoms with Gasteiger partial charge in [-0.25, -0.2) is 9.18 Å². The Labute approximate surface area is 189 Å². The number of aromatic nitrogens is 1. The molecule has 0 aliphatic carbocycles. The van der Waals surface area contributed by atoms with E-state index in [1.165, 1.54) is 6.07 Å². The fourth-order valence-electron chi connectivity index (χ4n) is 3.29. The van der Waals surface area contributed by atoms with Gasteiger partial charge in [0, 0.05) is 23.3 Å². The molecule has 4 rings (SSSR count). The van der Waals surface area contributed by atoms with Gasteiger partial charge in [0.25, 0.3) is 0 Å².